The molecule has 1 N–H and O–H groups in total. The van der Waals surface area contributed by atoms with Gasteiger partial charge in [-0.1, -0.05) is 30.1 Å². The molecule has 0 aliphatic carbocycles. The minimum absolute atomic E-state index is 0.499. The summed E-state index contributed by atoms with van der Waals surface area (Å²) in [5.41, 5.74) is 0.802. The van der Waals surface area contributed by atoms with Crippen LogP contribution in [0.3, 0.4) is 0 Å². The molecule has 102 valence electrons. The second-order valence-corrected chi connectivity index (χ2v) is 5.78. The van der Waals surface area contributed by atoms with Crippen LogP contribution in [0.25, 0.3) is 11.3 Å². The molecule has 0 amide bonds. The summed E-state index contributed by atoms with van der Waals surface area (Å²) in [6, 6.07) is 7.61. The van der Waals surface area contributed by atoms with E-state index in [1.807, 2.05) is 24.3 Å². The molecule has 0 fully saturated rings. The highest BCUT2D eigenvalue weighted by atomic mass is 79.9. The normalized spacial score (nSPS) is 10.9. The van der Waals surface area contributed by atoms with E-state index in [-0.39, 0.29) is 0 Å². The zero-order valence-corrected chi connectivity index (χ0v) is 13.6. The van der Waals surface area contributed by atoms with Crippen molar-refractivity contribution in [3.63, 3.8) is 0 Å². The van der Waals surface area contributed by atoms with E-state index in [0.29, 0.717) is 10.0 Å². The number of hydrogen-bond acceptors (Lipinski definition) is 2. The van der Waals surface area contributed by atoms with E-state index < -0.39 is 0 Å². The molecule has 0 saturated carbocycles. The van der Waals surface area contributed by atoms with Gasteiger partial charge >= 0.3 is 0 Å². The third-order valence-electron chi connectivity index (χ3n) is 2.69. The first-order chi connectivity index (χ1) is 9.13. The van der Waals surface area contributed by atoms with E-state index in [4.69, 9.17) is 27.6 Å². The Labute approximate surface area is 131 Å². The predicted octanol–water partition coefficient (Wildman–Crippen LogP) is 5.52. The minimum atomic E-state index is 0.499. The van der Waals surface area contributed by atoms with Gasteiger partial charge in [-0.2, -0.15) is 0 Å². The summed E-state index contributed by atoms with van der Waals surface area (Å²) in [6.45, 7) is 3.82. The van der Waals surface area contributed by atoms with Crippen molar-refractivity contribution in [2.75, 3.05) is 6.54 Å². The van der Waals surface area contributed by atoms with Crippen molar-refractivity contribution in [2.24, 2.45) is 0 Å². The van der Waals surface area contributed by atoms with Gasteiger partial charge in [0.15, 0.2) is 0 Å². The Kier molecular flexibility index (Phi) is 5.34. The van der Waals surface area contributed by atoms with Gasteiger partial charge in [-0.25, -0.2) is 0 Å². The molecule has 19 heavy (non-hydrogen) atoms. The monoisotopic (exact) mass is 361 g/mol. The van der Waals surface area contributed by atoms with Gasteiger partial charge in [0.25, 0.3) is 0 Å². The zero-order chi connectivity index (χ0) is 13.8. The van der Waals surface area contributed by atoms with E-state index in [9.17, 15) is 0 Å². The molecule has 0 unspecified atom stereocenters. The first-order valence-electron chi connectivity index (χ1n) is 6.06. The zero-order valence-electron chi connectivity index (χ0n) is 10.5. The van der Waals surface area contributed by atoms with Crippen LogP contribution in [-0.2, 0) is 6.54 Å². The Morgan fingerprint density at radius 1 is 1.16 bits per heavy atom. The van der Waals surface area contributed by atoms with Crippen molar-refractivity contribution in [3.8, 4) is 11.3 Å². The van der Waals surface area contributed by atoms with Crippen LogP contribution in [0.4, 0.5) is 0 Å². The van der Waals surface area contributed by atoms with Crippen molar-refractivity contribution < 1.29 is 4.42 Å². The first kappa shape index (κ1) is 14.9. The summed E-state index contributed by atoms with van der Waals surface area (Å²) in [7, 11) is 0. The summed E-state index contributed by atoms with van der Waals surface area (Å²) in [5.74, 6) is 1.62. The van der Waals surface area contributed by atoms with Gasteiger partial charge in [0.1, 0.15) is 11.5 Å². The molecule has 0 atom stereocenters. The lowest BCUT2D eigenvalue weighted by molar-refractivity contribution is 0.493. The molecule has 0 aliphatic heterocycles. The van der Waals surface area contributed by atoms with Gasteiger partial charge in [0.2, 0.25) is 0 Å². The quantitative estimate of drug-likeness (QED) is 0.559. The highest BCUT2D eigenvalue weighted by Gasteiger charge is 2.13. The van der Waals surface area contributed by atoms with E-state index >= 15 is 0 Å². The molecule has 0 bridgehead atoms. The molecule has 2 nitrogen and oxygen atoms in total. The van der Waals surface area contributed by atoms with Gasteiger partial charge in [-0.15, -0.1) is 0 Å². The summed E-state index contributed by atoms with van der Waals surface area (Å²) in [6.07, 6.45) is 1.10. The molecule has 0 radical (unpaired) electrons. The van der Waals surface area contributed by atoms with Crippen LogP contribution in [0.15, 0.2) is 33.2 Å². The molecule has 0 aliphatic rings. The highest BCUT2D eigenvalue weighted by molar-refractivity contribution is 9.10. The first-order valence-corrected chi connectivity index (χ1v) is 7.61. The maximum Gasteiger partial charge on any atom is 0.135 e. The van der Waals surface area contributed by atoms with Gasteiger partial charge < -0.3 is 9.73 Å². The summed E-state index contributed by atoms with van der Waals surface area (Å²) in [4.78, 5) is 0. The van der Waals surface area contributed by atoms with E-state index in [1.165, 1.54) is 0 Å². The maximum atomic E-state index is 6.23. The van der Waals surface area contributed by atoms with Crippen LogP contribution in [-0.4, -0.2) is 6.54 Å². The standard InChI is InChI=1S/C14H14BrCl2NO/c1-2-7-18-8-9-3-6-12(19-9)10-4-5-11(15)14(17)13(10)16/h3-6,18H,2,7-8H2,1H3. The van der Waals surface area contributed by atoms with Crippen molar-refractivity contribution in [1.29, 1.82) is 0 Å². The summed E-state index contributed by atoms with van der Waals surface area (Å²) >= 11 is 15.7. The van der Waals surface area contributed by atoms with E-state index in [2.05, 4.69) is 28.2 Å². The fraction of sp³-hybridized carbons (Fsp3) is 0.286. The Balaban J connectivity index is 2.21. The van der Waals surface area contributed by atoms with Crippen LogP contribution >= 0.6 is 39.1 Å². The van der Waals surface area contributed by atoms with E-state index in [1.54, 1.807) is 0 Å². The molecule has 2 rings (SSSR count). The smallest absolute Gasteiger partial charge is 0.135 e. The minimum Gasteiger partial charge on any atom is -0.460 e. The fourth-order valence-corrected chi connectivity index (χ4v) is 2.59. The van der Waals surface area contributed by atoms with Crippen molar-refractivity contribution in [3.05, 3.63) is 44.5 Å². The van der Waals surface area contributed by atoms with Gasteiger partial charge in [0, 0.05) is 10.0 Å². The lowest BCUT2D eigenvalue weighted by Crippen LogP contribution is -2.12. The molecule has 1 heterocycles. The van der Waals surface area contributed by atoms with Crippen LogP contribution in [0.2, 0.25) is 10.0 Å². The predicted molar refractivity (Wildman–Crippen MR) is 83.9 cm³/mol. The topological polar surface area (TPSA) is 25.2 Å². The SMILES string of the molecule is CCCNCc1ccc(-c2ccc(Br)c(Cl)c2Cl)o1. The molecular weight excluding hydrogens is 349 g/mol. The number of rotatable bonds is 5. The average Bonchev–Trinajstić information content (AvgIpc) is 2.85. The highest BCUT2D eigenvalue weighted by Crippen LogP contribution is 2.38. The van der Waals surface area contributed by atoms with Gasteiger partial charge in [-0.05, 0) is 53.2 Å². The second kappa shape index (κ2) is 6.80. The number of hydrogen-bond donors (Lipinski definition) is 1. The van der Waals surface area contributed by atoms with Crippen LogP contribution < -0.4 is 5.32 Å². The molecule has 5 heteroatoms. The van der Waals surface area contributed by atoms with Gasteiger partial charge in [-0.3, -0.25) is 0 Å². The molecule has 1 aromatic carbocycles. The van der Waals surface area contributed by atoms with Crippen LogP contribution in [0.5, 0.6) is 0 Å². The molecular formula is C14H14BrCl2NO. The number of halogens is 3. The van der Waals surface area contributed by atoms with Gasteiger partial charge in [0.05, 0.1) is 16.6 Å². The fourth-order valence-electron chi connectivity index (χ4n) is 1.72. The molecule has 2 aromatic rings. The third-order valence-corrected chi connectivity index (χ3v) is 4.46. The largest absolute Gasteiger partial charge is 0.460 e. The Morgan fingerprint density at radius 3 is 2.68 bits per heavy atom. The second-order valence-electron chi connectivity index (χ2n) is 4.17. The number of nitrogens with one attached hydrogen (secondary N) is 1. The summed E-state index contributed by atoms with van der Waals surface area (Å²) in [5, 5.41) is 4.29. The summed E-state index contributed by atoms with van der Waals surface area (Å²) < 4.78 is 6.55. The lowest BCUT2D eigenvalue weighted by Gasteiger charge is -2.05. The molecule has 1 aromatic heterocycles. The van der Waals surface area contributed by atoms with Crippen LogP contribution in [0.1, 0.15) is 19.1 Å². The van der Waals surface area contributed by atoms with Crippen molar-refractivity contribution in [1.82, 2.24) is 5.32 Å². The number of furan rings is 1. The number of benzene rings is 1. The van der Waals surface area contributed by atoms with E-state index in [0.717, 1.165) is 41.1 Å². The van der Waals surface area contributed by atoms with Crippen molar-refractivity contribution in [2.45, 2.75) is 19.9 Å². The van der Waals surface area contributed by atoms with Crippen molar-refractivity contribution >= 4 is 39.1 Å². The third kappa shape index (κ3) is 3.54. The molecule has 0 saturated heterocycles. The Hall–Kier alpha value is -0.480. The lowest BCUT2D eigenvalue weighted by atomic mass is 10.2. The Morgan fingerprint density at radius 2 is 1.95 bits per heavy atom. The Bertz CT molecular complexity index is 569. The average molecular weight is 363 g/mol. The maximum absolute atomic E-state index is 6.23. The van der Waals surface area contributed by atoms with Crippen LogP contribution in [0, 0.1) is 0 Å². The molecule has 0 spiro atoms.